The van der Waals surface area contributed by atoms with Crippen LogP contribution in [0.2, 0.25) is 0 Å². The van der Waals surface area contributed by atoms with Gasteiger partial charge >= 0.3 is 0 Å². The number of nitrogens with zero attached hydrogens (tertiary/aromatic N) is 3. The summed E-state index contributed by atoms with van der Waals surface area (Å²) in [6.07, 6.45) is 5.32. The highest BCUT2D eigenvalue weighted by molar-refractivity contribution is 7.19. The van der Waals surface area contributed by atoms with Crippen LogP contribution in [-0.4, -0.2) is 9.97 Å². The third-order valence-electron chi connectivity index (χ3n) is 5.21. The molecule has 0 saturated heterocycles. The first-order chi connectivity index (χ1) is 13.4. The van der Waals surface area contributed by atoms with Crippen molar-refractivity contribution in [3.63, 3.8) is 0 Å². The van der Waals surface area contributed by atoms with Gasteiger partial charge in [-0.25, -0.2) is 9.97 Å². The first-order valence-electron chi connectivity index (χ1n) is 9.46. The van der Waals surface area contributed by atoms with Gasteiger partial charge in [0.2, 0.25) is 0 Å². The second-order valence-corrected chi connectivity index (χ2v) is 8.15. The summed E-state index contributed by atoms with van der Waals surface area (Å²) in [5.74, 6) is 1.08. The highest BCUT2D eigenvalue weighted by atomic mass is 32.1. The average molecular weight is 372 g/mol. The first-order valence-corrected chi connectivity index (χ1v) is 10.3. The van der Waals surface area contributed by atoms with Crippen molar-refractivity contribution in [1.82, 2.24) is 9.97 Å². The van der Waals surface area contributed by atoms with Gasteiger partial charge in [0.05, 0.1) is 5.39 Å². The molecule has 0 fully saturated rings. The molecule has 0 amide bonds. The average Bonchev–Trinajstić information content (AvgIpc) is 3.30. The quantitative estimate of drug-likeness (QED) is 0.471. The fraction of sp³-hybridized carbons (Fsp3) is 0.217. The van der Waals surface area contributed by atoms with Crippen molar-refractivity contribution >= 4 is 27.4 Å². The molecule has 0 saturated carbocycles. The number of rotatable bonds is 5. The van der Waals surface area contributed by atoms with Crippen molar-refractivity contribution in [3.8, 4) is 0 Å². The summed E-state index contributed by atoms with van der Waals surface area (Å²) in [5, 5.41) is 1.28. The lowest BCUT2D eigenvalue weighted by Crippen LogP contribution is -2.23. The predicted molar refractivity (Wildman–Crippen MR) is 112 cm³/mol. The summed E-state index contributed by atoms with van der Waals surface area (Å²) in [6.45, 7) is 1.68. The molecule has 4 heteroatoms. The molecule has 2 aromatic heterocycles. The van der Waals surface area contributed by atoms with Crippen LogP contribution in [-0.2, 0) is 25.9 Å². The van der Waals surface area contributed by atoms with Crippen LogP contribution in [0.4, 0.5) is 5.82 Å². The van der Waals surface area contributed by atoms with Crippen molar-refractivity contribution in [2.45, 2.75) is 32.4 Å². The maximum Gasteiger partial charge on any atom is 0.141 e. The van der Waals surface area contributed by atoms with Gasteiger partial charge in [-0.05, 0) is 36.0 Å². The van der Waals surface area contributed by atoms with Crippen LogP contribution in [0.15, 0.2) is 67.0 Å². The molecule has 1 aliphatic rings. The molecule has 2 aromatic carbocycles. The third-order valence-corrected chi connectivity index (χ3v) is 6.41. The van der Waals surface area contributed by atoms with Crippen LogP contribution < -0.4 is 4.90 Å². The molecule has 0 atom stereocenters. The Balaban J connectivity index is 1.60. The topological polar surface area (TPSA) is 29.0 Å². The Hall–Kier alpha value is -2.72. The summed E-state index contributed by atoms with van der Waals surface area (Å²) < 4.78 is 0. The number of aromatic nitrogens is 2. The Bertz CT molecular complexity index is 1020. The number of fused-ring (bicyclic) bond motifs is 3. The molecule has 27 heavy (non-hydrogen) atoms. The van der Waals surface area contributed by atoms with Crippen molar-refractivity contribution in [2.75, 3.05) is 4.90 Å². The van der Waals surface area contributed by atoms with Gasteiger partial charge in [-0.2, -0.15) is 0 Å². The van der Waals surface area contributed by atoms with Gasteiger partial charge in [0.1, 0.15) is 17.0 Å². The molecule has 2 heterocycles. The minimum atomic E-state index is 0.840. The fourth-order valence-electron chi connectivity index (χ4n) is 3.96. The van der Waals surface area contributed by atoms with Gasteiger partial charge in [-0.3, -0.25) is 0 Å². The second kappa shape index (κ2) is 7.12. The lowest BCUT2D eigenvalue weighted by Gasteiger charge is -2.25. The van der Waals surface area contributed by atoms with Crippen LogP contribution in [0.5, 0.6) is 0 Å². The zero-order chi connectivity index (χ0) is 18.1. The van der Waals surface area contributed by atoms with Gasteiger partial charge in [0.25, 0.3) is 0 Å². The van der Waals surface area contributed by atoms with Gasteiger partial charge < -0.3 is 4.90 Å². The minimum absolute atomic E-state index is 0.840. The van der Waals surface area contributed by atoms with Crippen molar-refractivity contribution in [3.05, 3.63) is 88.6 Å². The molecule has 1 aliphatic carbocycles. The van der Waals surface area contributed by atoms with E-state index in [1.54, 1.807) is 6.33 Å². The fourth-order valence-corrected chi connectivity index (χ4v) is 5.19. The van der Waals surface area contributed by atoms with Crippen LogP contribution in [0, 0.1) is 0 Å². The molecule has 3 nitrogen and oxygen atoms in total. The largest absolute Gasteiger partial charge is 0.347 e. The molecule has 0 N–H and O–H groups in total. The highest BCUT2D eigenvalue weighted by Crippen LogP contribution is 2.40. The standard InChI is InChI=1S/C23H21N3S/c1-3-8-17(9-4-1)14-26(15-18-10-5-2-6-11-18)22-21-19-12-7-13-20(19)27-23(21)25-16-24-22/h1-6,8-11,16H,7,12-15H2. The van der Waals surface area contributed by atoms with Crippen molar-refractivity contribution in [2.24, 2.45) is 0 Å². The molecule has 4 aromatic rings. The van der Waals surface area contributed by atoms with Gasteiger partial charge in [-0.15, -0.1) is 11.3 Å². The van der Waals surface area contributed by atoms with Gasteiger partial charge in [0.15, 0.2) is 0 Å². The maximum atomic E-state index is 4.77. The summed E-state index contributed by atoms with van der Waals surface area (Å²) in [4.78, 5) is 14.4. The maximum absolute atomic E-state index is 4.77. The molecule has 0 aliphatic heterocycles. The second-order valence-electron chi connectivity index (χ2n) is 7.06. The van der Waals surface area contributed by atoms with Crippen LogP contribution in [0.1, 0.15) is 28.0 Å². The smallest absolute Gasteiger partial charge is 0.141 e. The lowest BCUT2D eigenvalue weighted by atomic mass is 10.1. The van der Waals surface area contributed by atoms with E-state index in [4.69, 9.17) is 4.98 Å². The van der Waals surface area contributed by atoms with Crippen molar-refractivity contribution in [1.29, 1.82) is 0 Å². The van der Waals surface area contributed by atoms with Gasteiger partial charge in [0, 0.05) is 18.0 Å². The van der Waals surface area contributed by atoms with E-state index < -0.39 is 0 Å². The number of aryl methyl sites for hydroxylation is 2. The monoisotopic (exact) mass is 371 g/mol. The summed E-state index contributed by atoms with van der Waals surface area (Å²) in [6, 6.07) is 21.3. The number of hydrogen-bond acceptors (Lipinski definition) is 4. The van der Waals surface area contributed by atoms with E-state index in [0.29, 0.717) is 0 Å². The van der Waals surface area contributed by atoms with Crippen LogP contribution in [0.3, 0.4) is 0 Å². The Morgan fingerprint density at radius 2 is 1.48 bits per heavy atom. The molecule has 0 bridgehead atoms. The summed E-state index contributed by atoms with van der Waals surface area (Å²) >= 11 is 1.85. The Morgan fingerprint density at radius 1 is 0.815 bits per heavy atom. The van der Waals surface area contributed by atoms with E-state index in [0.717, 1.165) is 30.2 Å². The Morgan fingerprint density at radius 3 is 2.15 bits per heavy atom. The normalized spacial score (nSPS) is 13.0. The lowest BCUT2D eigenvalue weighted by molar-refractivity contribution is 0.785. The van der Waals surface area contributed by atoms with E-state index in [1.165, 1.54) is 39.8 Å². The molecular weight excluding hydrogens is 350 g/mol. The van der Waals surface area contributed by atoms with Crippen molar-refractivity contribution < 1.29 is 0 Å². The van der Waals surface area contributed by atoms with E-state index in [9.17, 15) is 0 Å². The molecule has 0 unspecified atom stereocenters. The molecule has 5 rings (SSSR count). The number of anilines is 1. The van der Waals surface area contributed by atoms with E-state index in [1.807, 2.05) is 11.3 Å². The molecule has 134 valence electrons. The number of thiophene rings is 1. The molecule has 0 spiro atoms. The molecular formula is C23H21N3S. The van der Waals surface area contributed by atoms with E-state index in [-0.39, 0.29) is 0 Å². The zero-order valence-electron chi connectivity index (χ0n) is 15.1. The summed E-state index contributed by atoms with van der Waals surface area (Å²) in [5.41, 5.74) is 4.08. The number of benzene rings is 2. The minimum Gasteiger partial charge on any atom is -0.347 e. The molecule has 0 radical (unpaired) electrons. The summed E-state index contributed by atoms with van der Waals surface area (Å²) in [7, 11) is 0. The first kappa shape index (κ1) is 16.5. The SMILES string of the molecule is c1ccc(CN(Cc2ccccc2)c2ncnc3sc4c(c23)CCC4)cc1. The zero-order valence-corrected chi connectivity index (χ0v) is 16.0. The Labute approximate surface area is 163 Å². The highest BCUT2D eigenvalue weighted by Gasteiger charge is 2.23. The van der Waals surface area contributed by atoms with Crippen LogP contribution in [0.25, 0.3) is 10.2 Å². The third kappa shape index (κ3) is 3.21. The predicted octanol–water partition coefficient (Wildman–Crippen LogP) is 5.39. The van der Waals surface area contributed by atoms with Crippen LogP contribution >= 0.6 is 11.3 Å². The number of hydrogen-bond donors (Lipinski definition) is 0. The van der Waals surface area contributed by atoms with Gasteiger partial charge in [-0.1, -0.05) is 60.7 Å². The van der Waals surface area contributed by atoms with E-state index >= 15 is 0 Å². The Kier molecular flexibility index (Phi) is 4.34. The van der Waals surface area contributed by atoms with E-state index in [2.05, 4.69) is 70.5 Å².